The molecule has 0 saturated heterocycles. The fourth-order valence-electron chi connectivity index (χ4n) is 1.81. The van der Waals surface area contributed by atoms with Crippen molar-refractivity contribution in [1.29, 1.82) is 0 Å². The van der Waals surface area contributed by atoms with E-state index in [0.717, 1.165) is 6.54 Å². The molecule has 0 amide bonds. The van der Waals surface area contributed by atoms with Crippen LogP contribution in [0.15, 0.2) is 24.3 Å². The van der Waals surface area contributed by atoms with Crippen LogP contribution in [0.1, 0.15) is 39.2 Å². The average Bonchev–Trinajstić information content (AvgIpc) is 2.20. The summed E-state index contributed by atoms with van der Waals surface area (Å²) >= 11 is 0. The van der Waals surface area contributed by atoms with Gasteiger partial charge in [-0.3, -0.25) is 0 Å². The molecule has 1 aromatic carbocycles. The molecule has 0 aliphatic carbocycles. The van der Waals surface area contributed by atoms with E-state index >= 15 is 0 Å². The van der Waals surface area contributed by atoms with Gasteiger partial charge in [-0.1, -0.05) is 39.8 Å². The average molecular weight is 223 g/mol. The van der Waals surface area contributed by atoms with Crippen LogP contribution in [0.2, 0.25) is 0 Å². The molecule has 0 aliphatic heterocycles. The van der Waals surface area contributed by atoms with Crippen molar-refractivity contribution in [2.24, 2.45) is 5.92 Å². The van der Waals surface area contributed by atoms with E-state index in [1.807, 2.05) is 12.1 Å². The van der Waals surface area contributed by atoms with Crippen molar-refractivity contribution in [2.45, 2.75) is 39.7 Å². The third-order valence-electron chi connectivity index (χ3n) is 2.85. The summed E-state index contributed by atoms with van der Waals surface area (Å²) in [4.78, 5) is 0. The zero-order chi connectivity index (χ0) is 12.1. The summed E-state index contributed by atoms with van der Waals surface area (Å²) < 4.78 is 12.8. The Morgan fingerprint density at radius 2 is 1.62 bits per heavy atom. The summed E-state index contributed by atoms with van der Waals surface area (Å²) in [5.74, 6) is 0.836. The van der Waals surface area contributed by atoms with Crippen LogP contribution in [0.5, 0.6) is 0 Å². The minimum absolute atomic E-state index is 0.164. The molecule has 1 rings (SSSR count). The molecule has 0 aliphatic rings. The standard InChI is InChI=1S/C14H22FN/c1-10(2)14(9-16-11(3)4)12-5-7-13(15)8-6-12/h5-8,10-11,14,16H,9H2,1-4H3. The first kappa shape index (κ1) is 13.2. The topological polar surface area (TPSA) is 12.0 Å². The first-order valence-corrected chi connectivity index (χ1v) is 5.99. The Balaban J connectivity index is 2.73. The molecular weight excluding hydrogens is 201 g/mol. The molecule has 1 aromatic rings. The summed E-state index contributed by atoms with van der Waals surface area (Å²) in [6.45, 7) is 9.64. The van der Waals surface area contributed by atoms with Crippen molar-refractivity contribution in [3.8, 4) is 0 Å². The molecule has 0 radical (unpaired) electrons. The van der Waals surface area contributed by atoms with Gasteiger partial charge in [-0.15, -0.1) is 0 Å². The van der Waals surface area contributed by atoms with Crippen molar-refractivity contribution < 1.29 is 4.39 Å². The molecule has 1 N–H and O–H groups in total. The predicted octanol–water partition coefficient (Wildman–Crippen LogP) is 3.56. The van der Waals surface area contributed by atoms with Crippen LogP contribution in [-0.2, 0) is 0 Å². The van der Waals surface area contributed by atoms with Crippen LogP contribution in [0, 0.1) is 11.7 Å². The van der Waals surface area contributed by atoms with Gasteiger partial charge < -0.3 is 5.32 Å². The van der Waals surface area contributed by atoms with Crippen LogP contribution in [0.25, 0.3) is 0 Å². The molecule has 16 heavy (non-hydrogen) atoms. The second-order valence-electron chi connectivity index (χ2n) is 4.97. The summed E-state index contributed by atoms with van der Waals surface area (Å²) in [5, 5.41) is 3.45. The molecule has 0 spiro atoms. The summed E-state index contributed by atoms with van der Waals surface area (Å²) in [7, 11) is 0. The van der Waals surface area contributed by atoms with Crippen LogP contribution < -0.4 is 5.32 Å². The van der Waals surface area contributed by atoms with Crippen LogP contribution in [0.3, 0.4) is 0 Å². The van der Waals surface area contributed by atoms with E-state index in [0.29, 0.717) is 17.9 Å². The Morgan fingerprint density at radius 1 is 1.06 bits per heavy atom. The van der Waals surface area contributed by atoms with Gasteiger partial charge in [0.15, 0.2) is 0 Å². The number of rotatable bonds is 5. The van der Waals surface area contributed by atoms with E-state index in [1.165, 1.54) is 5.56 Å². The van der Waals surface area contributed by atoms with Gasteiger partial charge in [0.1, 0.15) is 5.82 Å². The molecule has 1 atom stereocenters. The van der Waals surface area contributed by atoms with Gasteiger partial charge in [0.25, 0.3) is 0 Å². The van der Waals surface area contributed by atoms with E-state index in [2.05, 4.69) is 33.0 Å². The Hall–Kier alpha value is -0.890. The van der Waals surface area contributed by atoms with Gasteiger partial charge in [0, 0.05) is 12.6 Å². The van der Waals surface area contributed by atoms with E-state index in [9.17, 15) is 4.39 Å². The number of benzene rings is 1. The lowest BCUT2D eigenvalue weighted by Gasteiger charge is -2.23. The monoisotopic (exact) mass is 223 g/mol. The normalized spacial score (nSPS) is 13.4. The van der Waals surface area contributed by atoms with Crippen molar-refractivity contribution in [1.82, 2.24) is 5.32 Å². The fourth-order valence-corrected chi connectivity index (χ4v) is 1.81. The van der Waals surface area contributed by atoms with Gasteiger partial charge in [-0.05, 0) is 29.5 Å². The lowest BCUT2D eigenvalue weighted by atomic mass is 9.88. The largest absolute Gasteiger partial charge is 0.314 e. The molecule has 0 bridgehead atoms. The van der Waals surface area contributed by atoms with Crippen LogP contribution in [-0.4, -0.2) is 12.6 Å². The van der Waals surface area contributed by atoms with Crippen molar-refractivity contribution in [3.63, 3.8) is 0 Å². The third-order valence-corrected chi connectivity index (χ3v) is 2.85. The molecule has 2 heteroatoms. The fraction of sp³-hybridized carbons (Fsp3) is 0.571. The second-order valence-corrected chi connectivity index (χ2v) is 4.97. The van der Waals surface area contributed by atoms with Gasteiger partial charge in [-0.25, -0.2) is 4.39 Å². The van der Waals surface area contributed by atoms with Crippen molar-refractivity contribution in [3.05, 3.63) is 35.6 Å². The third kappa shape index (κ3) is 3.93. The summed E-state index contributed by atoms with van der Waals surface area (Å²) in [6.07, 6.45) is 0. The highest BCUT2D eigenvalue weighted by molar-refractivity contribution is 5.21. The number of halogens is 1. The van der Waals surface area contributed by atoms with E-state index in [1.54, 1.807) is 12.1 Å². The van der Waals surface area contributed by atoms with Crippen molar-refractivity contribution in [2.75, 3.05) is 6.54 Å². The zero-order valence-electron chi connectivity index (χ0n) is 10.6. The minimum Gasteiger partial charge on any atom is -0.314 e. The highest BCUT2D eigenvalue weighted by Gasteiger charge is 2.15. The first-order valence-electron chi connectivity index (χ1n) is 5.99. The number of nitrogens with one attached hydrogen (secondary N) is 1. The Bertz CT molecular complexity index is 303. The second kappa shape index (κ2) is 6.00. The van der Waals surface area contributed by atoms with E-state index in [-0.39, 0.29) is 5.82 Å². The Morgan fingerprint density at radius 3 is 2.06 bits per heavy atom. The maximum absolute atomic E-state index is 12.8. The Kier molecular flexibility index (Phi) is 4.94. The summed E-state index contributed by atoms with van der Waals surface area (Å²) in [5.41, 5.74) is 1.21. The highest BCUT2D eigenvalue weighted by Crippen LogP contribution is 2.23. The van der Waals surface area contributed by atoms with Gasteiger partial charge in [0.05, 0.1) is 0 Å². The molecule has 0 heterocycles. The quantitative estimate of drug-likeness (QED) is 0.804. The van der Waals surface area contributed by atoms with Crippen molar-refractivity contribution >= 4 is 0 Å². The lowest BCUT2D eigenvalue weighted by molar-refractivity contribution is 0.440. The Labute approximate surface area is 98.1 Å². The molecule has 1 nitrogen and oxygen atoms in total. The van der Waals surface area contributed by atoms with Gasteiger partial charge in [0.2, 0.25) is 0 Å². The summed E-state index contributed by atoms with van der Waals surface area (Å²) in [6, 6.07) is 7.35. The molecule has 0 saturated carbocycles. The number of hydrogen-bond donors (Lipinski definition) is 1. The molecular formula is C14H22FN. The van der Waals surface area contributed by atoms with Crippen LogP contribution in [0.4, 0.5) is 4.39 Å². The zero-order valence-corrected chi connectivity index (χ0v) is 10.6. The smallest absolute Gasteiger partial charge is 0.123 e. The van der Waals surface area contributed by atoms with Crippen LogP contribution >= 0.6 is 0 Å². The predicted molar refractivity (Wildman–Crippen MR) is 67.1 cm³/mol. The number of hydrogen-bond acceptors (Lipinski definition) is 1. The van der Waals surface area contributed by atoms with E-state index < -0.39 is 0 Å². The van der Waals surface area contributed by atoms with Gasteiger partial charge in [-0.2, -0.15) is 0 Å². The molecule has 0 fully saturated rings. The molecule has 0 aromatic heterocycles. The molecule has 1 unspecified atom stereocenters. The minimum atomic E-state index is -0.164. The SMILES string of the molecule is CC(C)NCC(c1ccc(F)cc1)C(C)C. The maximum Gasteiger partial charge on any atom is 0.123 e. The lowest BCUT2D eigenvalue weighted by Crippen LogP contribution is -2.30. The highest BCUT2D eigenvalue weighted by atomic mass is 19.1. The van der Waals surface area contributed by atoms with Gasteiger partial charge >= 0.3 is 0 Å². The first-order chi connectivity index (χ1) is 7.50. The maximum atomic E-state index is 12.8. The van der Waals surface area contributed by atoms with E-state index in [4.69, 9.17) is 0 Å². The molecule has 90 valence electrons.